The van der Waals surface area contributed by atoms with Crippen LogP contribution in [0.25, 0.3) is 0 Å². The van der Waals surface area contributed by atoms with E-state index >= 15 is 0 Å². The second-order valence-corrected chi connectivity index (χ2v) is 4.90. The molecule has 0 aliphatic rings. The second-order valence-electron chi connectivity index (χ2n) is 4.90. The fourth-order valence-corrected chi connectivity index (χ4v) is 1.65. The van der Waals surface area contributed by atoms with Crippen molar-refractivity contribution < 1.29 is 20.4 Å². The molecule has 0 aromatic rings. The average Bonchev–Trinajstić information content (AvgIpc) is 2.43. The van der Waals surface area contributed by atoms with Crippen LogP contribution in [-0.2, 0) is 0 Å². The molecule has 118 valence electrons. The van der Waals surface area contributed by atoms with Crippen molar-refractivity contribution in [2.45, 2.75) is 77.2 Å². The van der Waals surface area contributed by atoms with Crippen LogP contribution in [0.15, 0.2) is 0 Å². The van der Waals surface area contributed by atoms with Gasteiger partial charge in [0.2, 0.25) is 0 Å². The zero-order chi connectivity index (χ0) is 14.8. The molecule has 0 saturated heterocycles. The Hall–Kier alpha value is -0.160. The summed E-state index contributed by atoms with van der Waals surface area (Å²) >= 11 is 0. The van der Waals surface area contributed by atoms with E-state index in [4.69, 9.17) is 20.4 Å². The molecule has 0 heterocycles. The van der Waals surface area contributed by atoms with E-state index in [9.17, 15) is 0 Å². The number of hydrogen-bond donors (Lipinski definition) is 4. The summed E-state index contributed by atoms with van der Waals surface area (Å²) in [7, 11) is 0. The number of aliphatic hydroxyl groups is 4. The predicted octanol–water partition coefficient (Wildman–Crippen LogP) is 2.23. The molecular formula is C15H34O4. The van der Waals surface area contributed by atoms with Crippen LogP contribution in [0.4, 0.5) is 0 Å². The van der Waals surface area contributed by atoms with E-state index in [2.05, 4.69) is 6.92 Å². The molecule has 0 rings (SSSR count). The van der Waals surface area contributed by atoms with Gasteiger partial charge in [-0.15, -0.1) is 0 Å². The predicted molar refractivity (Wildman–Crippen MR) is 79.1 cm³/mol. The van der Waals surface area contributed by atoms with Crippen molar-refractivity contribution in [3.63, 3.8) is 0 Å². The Labute approximate surface area is 118 Å². The number of hydrogen-bond acceptors (Lipinski definition) is 4. The SMILES string of the molecule is CCCCCC(O)CO.OCCCCCCCCO. The van der Waals surface area contributed by atoms with Crippen molar-refractivity contribution >= 4 is 0 Å². The van der Waals surface area contributed by atoms with Gasteiger partial charge in [-0.3, -0.25) is 0 Å². The van der Waals surface area contributed by atoms with Crippen molar-refractivity contribution in [1.29, 1.82) is 0 Å². The third kappa shape index (κ3) is 23.4. The summed E-state index contributed by atoms with van der Waals surface area (Å²) in [5, 5.41) is 34.1. The van der Waals surface area contributed by atoms with Crippen molar-refractivity contribution in [2.75, 3.05) is 19.8 Å². The van der Waals surface area contributed by atoms with Gasteiger partial charge in [0, 0.05) is 13.2 Å². The molecule has 0 fully saturated rings. The highest BCUT2D eigenvalue weighted by molar-refractivity contribution is 4.51. The molecule has 1 atom stereocenters. The van der Waals surface area contributed by atoms with Gasteiger partial charge in [-0.2, -0.15) is 0 Å². The van der Waals surface area contributed by atoms with Gasteiger partial charge < -0.3 is 20.4 Å². The van der Waals surface area contributed by atoms with E-state index in [1.807, 2.05) is 0 Å². The van der Waals surface area contributed by atoms with Gasteiger partial charge in [0.15, 0.2) is 0 Å². The van der Waals surface area contributed by atoms with Crippen LogP contribution in [0.5, 0.6) is 0 Å². The molecular weight excluding hydrogens is 244 g/mol. The van der Waals surface area contributed by atoms with Gasteiger partial charge in [0.25, 0.3) is 0 Å². The average molecular weight is 278 g/mol. The Morgan fingerprint density at radius 1 is 0.684 bits per heavy atom. The van der Waals surface area contributed by atoms with E-state index in [0.29, 0.717) is 13.2 Å². The van der Waals surface area contributed by atoms with Crippen LogP contribution < -0.4 is 0 Å². The van der Waals surface area contributed by atoms with Gasteiger partial charge in [0.05, 0.1) is 12.7 Å². The molecule has 0 radical (unpaired) electrons. The Bertz CT molecular complexity index is 134. The zero-order valence-corrected chi connectivity index (χ0v) is 12.6. The Morgan fingerprint density at radius 3 is 1.53 bits per heavy atom. The van der Waals surface area contributed by atoms with Crippen molar-refractivity contribution in [3.05, 3.63) is 0 Å². The number of rotatable bonds is 12. The van der Waals surface area contributed by atoms with E-state index in [0.717, 1.165) is 51.4 Å². The molecule has 0 saturated carbocycles. The van der Waals surface area contributed by atoms with Gasteiger partial charge in [-0.05, 0) is 19.3 Å². The smallest absolute Gasteiger partial charge is 0.0770 e. The molecule has 4 heteroatoms. The van der Waals surface area contributed by atoms with E-state index in [1.54, 1.807) is 0 Å². The zero-order valence-electron chi connectivity index (χ0n) is 12.6. The quantitative estimate of drug-likeness (QED) is 0.413. The normalized spacial score (nSPS) is 11.8. The minimum absolute atomic E-state index is 0.0935. The largest absolute Gasteiger partial charge is 0.396 e. The van der Waals surface area contributed by atoms with Crippen LogP contribution >= 0.6 is 0 Å². The first kappa shape index (κ1) is 21.1. The number of unbranched alkanes of at least 4 members (excludes halogenated alkanes) is 7. The van der Waals surface area contributed by atoms with Gasteiger partial charge >= 0.3 is 0 Å². The lowest BCUT2D eigenvalue weighted by Crippen LogP contribution is -2.10. The lowest BCUT2D eigenvalue weighted by molar-refractivity contribution is 0.0861. The van der Waals surface area contributed by atoms with Crippen LogP contribution in [0.3, 0.4) is 0 Å². The van der Waals surface area contributed by atoms with Crippen molar-refractivity contribution in [3.8, 4) is 0 Å². The monoisotopic (exact) mass is 278 g/mol. The first-order valence-electron chi connectivity index (χ1n) is 7.73. The maximum absolute atomic E-state index is 8.83. The van der Waals surface area contributed by atoms with Crippen molar-refractivity contribution in [2.24, 2.45) is 0 Å². The molecule has 0 aromatic heterocycles. The fraction of sp³-hybridized carbons (Fsp3) is 1.00. The molecule has 1 unspecified atom stereocenters. The van der Waals surface area contributed by atoms with Crippen LogP contribution in [0.2, 0.25) is 0 Å². The van der Waals surface area contributed by atoms with E-state index < -0.39 is 6.10 Å². The molecule has 0 amide bonds. The van der Waals surface area contributed by atoms with Crippen LogP contribution in [0, 0.1) is 0 Å². The fourth-order valence-electron chi connectivity index (χ4n) is 1.65. The van der Waals surface area contributed by atoms with E-state index in [1.165, 1.54) is 12.8 Å². The summed E-state index contributed by atoms with van der Waals surface area (Å²) in [5.74, 6) is 0. The molecule has 19 heavy (non-hydrogen) atoms. The topological polar surface area (TPSA) is 80.9 Å². The first-order valence-corrected chi connectivity index (χ1v) is 7.73. The molecule has 0 aromatic carbocycles. The lowest BCUT2D eigenvalue weighted by Gasteiger charge is -2.04. The second kappa shape index (κ2) is 20.2. The third-order valence-electron chi connectivity index (χ3n) is 2.92. The van der Waals surface area contributed by atoms with Gasteiger partial charge in [-0.25, -0.2) is 0 Å². The maximum Gasteiger partial charge on any atom is 0.0770 e. The first-order chi connectivity index (χ1) is 9.22. The molecule has 0 spiro atoms. The lowest BCUT2D eigenvalue weighted by atomic mass is 10.1. The molecule has 0 aliphatic carbocycles. The molecule has 4 nitrogen and oxygen atoms in total. The summed E-state index contributed by atoms with van der Waals surface area (Å²) in [5.41, 5.74) is 0. The summed E-state index contributed by atoms with van der Waals surface area (Å²) < 4.78 is 0. The highest BCUT2D eigenvalue weighted by Crippen LogP contribution is 2.04. The number of aliphatic hydroxyl groups excluding tert-OH is 4. The summed E-state index contributed by atoms with van der Waals surface area (Å²) in [6, 6.07) is 0. The molecule has 0 bridgehead atoms. The van der Waals surface area contributed by atoms with Gasteiger partial charge in [0.1, 0.15) is 0 Å². The molecule has 0 aliphatic heterocycles. The summed E-state index contributed by atoms with van der Waals surface area (Å²) in [6.45, 7) is 2.66. The summed E-state index contributed by atoms with van der Waals surface area (Å²) in [6.07, 6.45) is 10.1. The maximum atomic E-state index is 8.83. The van der Waals surface area contributed by atoms with Crippen LogP contribution in [-0.4, -0.2) is 46.4 Å². The Balaban J connectivity index is 0. The van der Waals surface area contributed by atoms with E-state index in [-0.39, 0.29) is 6.61 Å². The standard InChI is InChI=1S/C8H18O2.C7H16O2/c9-7-5-3-1-2-4-6-8-10;1-2-3-4-5-7(9)6-8/h9-10H,1-8H2;7-9H,2-6H2,1H3. The van der Waals surface area contributed by atoms with Crippen LogP contribution in [0.1, 0.15) is 71.1 Å². The Morgan fingerprint density at radius 2 is 1.16 bits per heavy atom. The minimum Gasteiger partial charge on any atom is -0.396 e. The highest BCUT2D eigenvalue weighted by Gasteiger charge is 1.98. The third-order valence-corrected chi connectivity index (χ3v) is 2.92. The van der Waals surface area contributed by atoms with Crippen molar-refractivity contribution in [1.82, 2.24) is 0 Å². The minimum atomic E-state index is -0.489. The summed E-state index contributed by atoms with van der Waals surface area (Å²) in [4.78, 5) is 0. The Kier molecular flexibility index (Phi) is 22.4. The molecule has 4 N–H and O–H groups in total. The highest BCUT2D eigenvalue weighted by atomic mass is 16.3. The van der Waals surface area contributed by atoms with Gasteiger partial charge in [-0.1, -0.05) is 51.9 Å².